The van der Waals surface area contributed by atoms with Gasteiger partial charge < -0.3 is 10.3 Å². The van der Waals surface area contributed by atoms with Crippen LogP contribution in [0, 0.1) is 24.0 Å². The third kappa shape index (κ3) is 3.83. The minimum atomic E-state index is -0.594. The molecule has 1 heterocycles. The highest BCUT2D eigenvalue weighted by Gasteiger charge is 2.21. The van der Waals surface area contributed by atoms with E-state index in [1.165, 1.54) is 23.9 Å². The van der Waals surface area contributed by atoms with E-state index in [-0.39, 0.29) is 23.4 Å². The normalized spacial score (nSPS) is 10.5. The number of nitrogens with zero attached hydrogens (tertiary/aromatic N) is 1. The maximum absolute atomic E-state index is 12.4. The van der Waals surface area contributed by atoms with Crippen molar-refractivity contribution in [2.45, 2.75) is 25.3 Å². The summed E-state index contributed by atoms with van der Waals surface area (Å²) in [4.78, 5) is 38.3. The SMILES string of the molecule is CSc1ccc([N+](=O)[O-])c(C(=O)NCc2c(C)cc(C)[nH]c2=O)c1. The van der Waals surface area contributed by atoms with Crippen LogP contribution in [0.5, 0.6) is 0 Å². The molecule has 24 heavy (non-hydrogen) atoms. The van der Waals surface area contributed by atoms with Crippen LogP contribution in [-0.2, 0) is 6.54 Å². The Morgan fingerprint density at radius 1 is 1.33 bits per heavy atom. The van der Waals surface area contributed by atoms with Gasteiger partial charge in [0.1, 0.15) is 5.56 Å². The third-order valence-corrected chi connectivity index (χ3v) is 4.29. The minimum Gasteiger partial charge on any atom is -0.348 e. The second kappa shape index (κ2) is 7.31. The lowest BCUT2D eigenvalue weighted by Gasteiger charge is -2.09. The van der Waals surface area contributed by atoms with Crippen molar-refractivity contribution < 1.29 is 9.72 Å². The van der Waals surface area contributed by atoms with Crippen LogP contribution in [0.4, 0.5) is 5.69 Å². The van der Waals surface area contributed by atoms with Crippen LogP contribution in [0.15, 0.2) is 34.0 Å². The largest absolute Gasteiger partial charge is 0.348 e. The molecule has 2 aromatic rings. The van der Waals surface area contributed by atoms with Gasteiger partial charge in [-0.05, 0) is 43.9 Å². The Morgan fingerprint density at radius 2 is 2.04 bits per heavy atom. The summed E-state index contributed by atoms with van der Waals surface area (Å²) < 4.78 is 0. The molecule has 0 fully saturated rings. The van der Waals surface area contributed by atoms with Gasteiger partial charge in [0.15, 0.2) is 0 Å². The molecular formula is C16H17N3O4S. The summed E-state index contributed by atoms with van der Waals surface area (Å²) in [7, 11) is 0. The minimum absolute atomic E-state index is 0.000922. The molecule has 126 valence electrons. The molecule has 7 nitrogen and oxygen atoms in total. The summed E-state index contributed by atoms with van der Waals surface area (Å²) in [5, 5.41) is 13.7. The van der Waals surface area contributed by atoms with Crippen LogP contribution in [0.1, 0.15) is 27.2 Å². The van der Waals surface area contributed by atoms with E-state index >= 15 is 0 Å². The topological polar surface area (TPSA) is 105 Å². The highest BCUT2D eigenvalue weighted by molar-refractivity contribution is 7.98. The number of hydrogen-bond donors (Lipinski definition) is 2. The van der Waals surface area contributed by atoms with Gasteiger partial charge in [0.2, 0.25) is 0 Å². The first-order valence-electron chi connectivity index (χ1n) is 7.13. The van der Waals surface area contributed by atoms with E-state index in [2.05, 4.69) is 10.3 Å². The van der Waals surface area contributed by atoms with Gasteiger partial charge in [0, 0.05) is 28.8 Å². The number of aromatic amines is 1. The standard InChI is InChI=1S/C16H17N3O4S/c1-9-6-10(2)18-16(21)13(9)8-17-15(20)12-7-11(24-3)4-5-14(12)19(22)23/h4-7H,8H2,1-3H3,(H,17,20)(H,18,21). The molecule has 0 spiro atoms. The van der Waals surface area contributed by atoms with Gasteiger partial charge in [0.25, 0.3) is 17.2 Å². The van der Waals surface area contributed by atoms with Gasteiger partial charge in [-0.3, -0.25) is 19.7 Å². The smallest absolute Gasteiger partial charge is 0.282 e. The van der Waals surface area contributed by atoms with Crippen molar-refractivity contribution in [1.82, 2.24) is 10.3 Å². The second-order valence-electron chi connectivity index (χ2n) is 5.27. The number of amides is 1. The number of H-pyrrole nitrogens is 1. The van der Waals surface area contributed by atoms with Crippen LogP contribution in [0.2, 0.25) is 0 Å². The molecule has 0 radical (unpaired) electrons. The van der Waals surface area contributed by atoms with Gasteiger partial charge in [-0.15, -0.1) is 11.8 Å². The quantitative estimate of drug-likeness (QED) is 0.491. The Balaban J connectivity index is 2.28. The number of thioether (sulfide) groups is 1. The van der Waals surface area contributed by atoms with Crippen LogP contribution in [0.3, 0.4) is 0 Å². The molecule has 1 aromatic heterocycles. The average molecular weight is 347 g/mol. The molecule has 0 aliphatic heterocycles. The second-order valence-corrected chi connectivity index (χ2v) is 6.15. The molecule has 1 amide bonds. The maximum Gasteiger partial charge on any atom is 0.282 e. The summed E-state index contributed by atoms with van der Waals surface area (Å²) in [5.74, 6) is -0.586. The molecule has 2 N–H and O–H groups in total. The van der Waals surface area contributed by atoms with Gasteiger partial charge in [0.05, 0.1) is 4.92 Å². The highest BCUT2D eigenvalue weighted by Crippen LogP contribution is 2.24. The first-order chi connectivity index (χ1) is 11.3. The lowest BCUT2D eigenvalue weighted by atomic mass is 10.1. The number of aryl methyl sites for hydroxylation is 2. The van der Waals surface area contributed by atoms with Crippen LogP contribution >= 0.6 is 11.8 Å². The third-order valence-electron chi connectivity index (χ3n) is 3.56. The number of benzene rings is 1. The number of nitro benzene ring substituents is 1. The Bertz CT molecular complexity index is 861. The molecule has 0 saturated heterocycles. The number of hydrogen-bond acceptors (Lipinski definition) is 5. The zero-order valence-corrected chi connectivity index (χ0v) is 14.3. The number of rotatable bonds is 5. The summed E-state index contributed by atoms with van der Waals surface area (Å²) in [6, 6.07) is 6.18. The lowest BCUT2D eigenvalue weighted by molar-refractivity contribution is -0.385. The molecule has 0 unspecified atom stereocenters. The zero-order chi connectivity index (χ0) is 17.9. The number of nitro groups is 1. The number of carbonyl (C=O) groups excluding carboxylic acids is 1. The van der Waals surface area contributed by atoms with Crippen molar-refractivity contribution in [3.8, 4) is 0 Å². The molecule has 0 bridgehead atoms. The van der Waals surface area contributed by atoms with Gasteiger partial charge >= 0.3 is 0 Å². The Labute approximate surface area is 142 Å². The molecule has 2 rings (SSSR count). The summed E-state index contributed by atoms with van der Waals surface area (Å²) in [6.45, 7) is 3.55. The summed E-state index contributed by atoms with van der Waals surface area (Å²) in [6.07, 6.45) is 1.82. The fraction of sp³-hybridized carbons (Fsp3) is 0.250. The van der Waals surface area contributed by atoms with Crippen LogP contribution in [0.25, 0.3) is 0 Å². The molecule has 0 aliphatic rings. The predicted molar refractivity (Wildman–Crippen MR) is 92.6 cm³/mol. The zero-order valence-electron chi connectivity index (χ0n) is 13.5. The summed E-state index contributed by atoms with van der Waals surface area (Å²) >= 11 is 1.38. The van der Waals surface area contributed by atoms with Crippen LogP contribution in [-0.4, -0.2) is 22.1 Å². The Morgan fingerprint density at radius 3 is 2.62 bits per heavy atom. The fourth-order valence-corrected chi connectivity index (χ4v) is 2.79. The van der Waals surface area contributed by atoms with Gasteiger partial charge in [-0.2, -0.15) is 0 Å². The molecule has 0 atom stereocenters. The predicted octanol–water partition coefficient (Wildman–Crippen LogP) is 2.55. The molecule has 0 aliphatic carbocycles. The van der Waals surface area contributed by atoms with Crippen molar-refractivity contribution >= 4 is 23.4 Å². The van der Waals surface area contributed by atoms with Crippen molar-refractivity contribution in [2.75, 3.05) is 6.26 Å². The van der Waals surface area contributed by atoms with Gasteiger partial charge in [-0.1, -0.05) is 0 Å². The maximum atomic E-state index is 12.4. The van der Waals surface area contributed by atoms with Crippen molar-refractivity contribution in [1.29, 1.82) is 0 Å². The van der Waals surface area contributed by atoms with Crippen molar-refractivity contribution in [3.05, 3.63) is 67.1 Å². The molecule has 0 saturated carbocycles. The van der Waals surface area contributed by atoms with Crippen molar-refractivity contribution in [3.63, 3.8) is 0 Å². The molecule has 8 heteroatoms. The van der Waals surface area contributed by atoms with E-state index in [1.54, 1.807) is 26.0 Å². The number of aromatic nitrogens is 1. The fourth-order valence-electron chi connectivity index (χ4n) is 2.35. The summed E-state index contributed by atoms with van der Waals surface area (Å²) in [5.41, 5.74) is 1.35. The van der Waals surface area contributed by atoms with E-state index < -0.39 is 10.8 Å². The van der Waals surface area contributed by atoms with E-state index in [9.17, 15) is 19.7 Å². The highest BCUT2D eigenvalue weighted by atomic mass is 32.2. The van der Waals surface area contributed by atoms with Crippen molar-refractivity contribution in [2.24, 2.45) is 0 Å². The van der Waals surface area contributed by atoms with Gasteiger partial charge in [-0.25, -0.2) is 0 Å². The number of nitrogens with one attached hydrogen (secondary N) is 2. The Kier molecular flexibility index (Phi) is 5.40. The van der Waals surface area contributed by atoms with E-state index in [1.807, 2.05) is 6.26 Å². The molecule has 1 aromatic carbocycles. The average Bonchev–Trinajstić information content (AvgIpc) is 2.52. The Hall–Kier alpha value is -2.61. The van der Waals surface area contributed by atoms with Crippen LogP contribution < -0.4 is 10.9 Å². The van der Waals surface area contributed by atoms with E-state index in [4.69, 9.17) is 0 Å². The van der Waals surface area contributed by atoms with E-state index in [0.717, 1.165) is 16.2 Å². The molecular weight excluding hydrogens is 330 g/mol. The lowest BCUT2D eigenvalue weighted by Crippen LogP contribution is -2.28. The number of carbonyl (C=O) groups is 1. The monoisotopic (exact) mass is 347 g/mol. The van der Waals surface area contributed by atoms with E-state index in [0.29, 0.717) is 5.56 Å². The number of pyridine rings is 1. The first kappa shape index (κ1) is 17.7. The first-order valence-corrected chi connectivity index (χ1v) is 8.36.